The highest BCUT2D eigenvalue weighted by atomic mass is 16.3. The first kappa shape index (κ1) is 10.2. The third kappa shape index (κ3) is 2.79. The molecule has 0 saturated heterocycles. The molecule has 0 amide bonds. The van der Waals surface area contributed by atoms with E-state index in [4.69, 9.17) is 10.8 Å². The predicted octanol–water partition coefficient (Wildman–Crippen LogP) is 0.895. The molecule has 0 aromatic carbocycles. The van der Waals surface area contributed by atoms with Crippen LogP contribution in [0.25, 0.3) is 0 Å². The standard InChI is InChI=1S/C10H16N2O/c1-8(11)9(5-7-13)10-4-2-3-6-12-10/h2-4,6,8-9,13H,5,7,11H2,1H3. The maximum Gasteiger partial charge on any atom is 0.0450 e. The van der Waals surface area contributed by atoms with Crippen LogP contribution in [0.3, 0.4) is 0 Å². The number of rotatable bonds is 4. The van der Waals surface area contributed by atoms with Crippen LogP contribution in [0.1, 0.15) is 25.0 Å². The fraction of sp³-hybridized carbons (Fsp3) is 0.500. The van der Waals surface area contributed by atoms with E-state index < -0.39 is 0 Å². The minimum absolute atomic E-state index is 0.0297. The number of aromatic nitrogens is 1. The van der Waals surface area contributed by atoms with Gasteiger partial charge in [-0.1, -0.05) is 6.07 Å². The molecule has 0 aliphatic rings. The first-order valence-corrected chi connectivity index (χ1v) is 4.53. The number of hydrogen-bond acceptors (Lipinski definition) is 3. The zero-order valence-corrected chi connectivity index (χ0v) is 7.85. The maximum absolute atomic E-state index is 8.86. The Kier molecular flexibility index (Phi) is 3.86. The second-order valence-corrected chi connectivity index (χ2v) is 3.23. The molecule has 3 heteroatoms. The fourth-order valence-electron chi connectivity index (χ4n) is 1.41. The molecule has 0 spiro atoms. The molecule has 72 valence electrons. The first-order valence-electron chi connectivity index (χ1n) is 4.53. The third-order valence-corrected chi connectivity index (χ3v) is 2.14. The molecule has 1 rings (SSSR count). The van der Waals surface area contributed by atoms with E-state index in [2.05, 4.69) is 4.98 Å². The minimum atomic E-state index is 0.0297. The summed E-state index contributed by atoms with van der Waals surface area (Å²) >= 11 is 0. The topological polar surface area (TPSA) is 59.1 Å². The first-order chi connectivity index (χ1) is 6.25. The molecule has 1 heterocycles. The van der Waals surface area contributed by atoms with E-state index in [1.165, 1.54) is 0 Å². The average Bonchev–Trinajstić information content (AvgIpc) is 2.15. The molecule has 0 bridgehead atoms. The van der Waals surface area contributed by atoms with Gasteiger partial charge in [0.05, 0.1) is 0 Å². The van der Waals surface area contributed by atoms with Gasteiger partial charge in [-0.05, 0) is 25.5 Å². The molecular weight excluding hydrogens is 164 g/mol. The van der Waals surface area contributed by atoms with Crippen molar-refractivity contribution in [3.8, 4) is 0 Å². The van der Waals surface area contributed by atoms with Gasteiger partial charge < -0.3 is 10.8 Å². The second kappa shape index (κ2) is 4.94. The van der Waals surface area contributed by atoms with Crippen molar-refractivity contribution in [3.05, 3.63) is 30.1 Å². The minimum Gasteiger partial charge on any atom is -0.396 e. The Hall–Kier alpha value is -0.930. The molecule has 3 N–H and O–H groups in total. The predicted molar refractivity (Wildman–Crippen MR) is 52.3 cm³/mol. The van der Waals surface area contributed by atoms with E-state index in [0.717, 1.165) is 5.69 Å². The van der Waals surface area contributed by atoms with Crippen molar-refractivity contribution in [2.24, 2.45) is 5.73 Å². The van der Waals surface area contributed by atoms with Gasteiger partial charge in [-0.3, -0.25) is 4.98 Å². The largest absolute Gasteiger partial charge is 0.396 e. The van der Waals surface area contributed by atoms with E-state index in [1.54, 1.807) is 6.20 Å². The number of nitrogens with zero attached hydrogens (tertiary/aromatic N) is 1. The summed E-state index contributed by atoms with van der Waals surface area (Å²) in [5.41, 5.74) is 6.77. The smallest absolute Gasteiger partial charge is 0.0450 e. The van der Waals surface area contributed by atoms with Crippen LogP contribution >= 0.6 is 0 Å². The van der Waals surface area contributed by atoms with Crippen LogP contribution in [0.2, 0.25) is 0 Å². The van der Waals surface area contributed by atoms with Gasteiger partial charge in [-0.2, -0.15) is 0 Å². The number of aliphatic hydroxyl groups is 1. The van der Waals surface area contributed by atoms with Gasteiger partial charge in [0.2, 0.25) is 0 Å². The van der Waals surface area contributed by atoms with Crippen molar-refractivity contribution < 1.29 is 5.11 Å². The SMILES string of the molecule is CC(N)C(CCO)c1ccccn1. The lowest BCUT2D eigenvalue weighted by Gasteiger charge is -2.18. The van der Waals surface area contributed by atoms with Crippen molar-refractivity contribution in [2.75, 3.05) is 6.61 Å². The summed E-state index contributed by atoms with van der Waals surface area (Å²) < 4.78 is 0. The van der Waals surface area contributed by atoms with Crippen LogP contribution in [-0.2, 0) is 0 Å². The van der Waals surface area contributed by atoms with E-state index >= 15 is 0 Å². The van der Waals surface area contributed by atoms with Crippen LogP contribution in [0, 0.1) is 0 Å². The third-order valence-electron chi connectivity index (χ3n) is 2.14. The lowest BCUT2D eigenvalue weighted by atomic mass is 9.94. The van der Waals surface area contributed by atoms with E-state index in [0.29, 0.717) is 6.42 Å². The summed E-state index contributed by atoms with van der Waals surface area (Å²) in [6.07, 6.45) is 2.43. The van der Waals surface area contributed by atoms with Crippen molar-refractivity contribution in [1.82, 2.24) is 4.98 Å². The highest BCUT2D eigenvalue weighted by Gasteiger charge is 2.16. The molecule has 3 nitrogen and oxygen atoms in total. The molecule has 1 aromatic heterocycles. The zero-order chi connectivity index (χ0) is 9.68. The van der Waals surface area contributed by atoms with E-state index in [9.17, 15) is 0 Å². The van der Waals surface area contributed by atoms with Crippen molar-refractivity contribution in [2.45, 2.75) is 25.3 Å². The van der Waals surface area contributed by atoms with Crippen LogP contribution in [-0.4, -0.2) is 22.7 Å². The Bertz CT molecular complexity index is 236. The lowest BCUT2D eigenvalue weighted by Crippen LogP contribution is -2.26. The van der Waals surface area contributed by atoms with Gasteiger partial charge in [0.15, 0.2) is 0 Å². The molecule has 1 aromatic rings. The Labute approximate surface area is 78.6 Å². The summed E-state index contributed by atoms with van der Waals surface area (Å²) in [4.78, 5) is 4.23. The Morgan fingerprint density at radius 1 is 1.54 bits per heavy atom. The number of hydrogen-bond donors (Lipinski definition) is 2. The van der Waals surface area contributed by atoms with Crippen LogP contribution in [0.5, 0.6) is 0 Å². The normalized spacial score (nSPS) is 15.3. The van der Waals surface area contributed by atoms with E-state index in [-0.39, 0.29) is 18.6 Å². The molecule has 0 radical (unpaired) electrons. The van der Waals surface area contributed by atoms with Gasteiger partial charge in [0.25, 0.3) is 0 Å². The van der Waals surface area contributed by atoms with Gasteiger partial charge in [-0.25, -0.2) is 0 Å². The summed E-state index contributed by atoms with van der Waals surface area (Å²) in [6, 6.07) is 5.79. The lowest BCUT2D eigenvalue weighted by molar-refractivity contribution is 0.268. The maximum atomic E-state index is 8.86. The van der Waals surface area contributed by atoms with Crippen molar-refractivity contribution in [3.63, 3.8) is 0 Å². The summed E-state index contributed by atoms with van der Waals surface area (Å²) in [6.45, 7) is 2.10. The van der Waals surface area contributed by atoms with E-state index in [1.807, 2.05) is 25.1 Å². The van der Waals surface area contributed by atoms with Gasteiger partial charge in [-0.15, -0.1) is 0 Å². The Morgan fingerprint density at radius 2 is 2.31 bits per heavy atom. The number of nitrogens with two attached hydrogens (primary N) is 1. The molecular formula is C10H16N2O. The zero-order valence-electron chi connectivity index (χ0n) is 7.85. The quantitative estimate of drug-likeness (QED) is 0.723. The van der Waals surface area contributed by atoms with Crippen LogP contribution in [0.4, 0.5) is 0 Å². The summed E-state index contributed by atoms with van der Waals surface area (Å²) in [7, 11) is 0. The Morgan fingerprint density at radius 3 is 2.77 bits per heavy atom. The molecule has 2 atom stereocenters. The Balaban J connectivity index is 2.76. The van der Waals surface area contributed by atoms with Gasteiger partial charge in [0.1, 0.15) is 0 Å². The van der Waals surface area contributed by atoms with Crippen LogP contribution in [0.15, 0.2) is 24.4 Å². The van der Waals surface area contributed by atoms with Gasteiger partial charge >= 0.3 is 0 Å². The van der Waals surface area contributed by atoms with Gasteiger partial charge in [0, 0.05) is 30.5 Å². The highest BCUT2D eigenvalue weighted by Crippen LogP contribution is 2.19. The molecule has 0 aliphatic heterocycles. The summed E-state index contributed by atoms with van der Waals surface area (Å²) in [5.74, 6) is 0.159. The van der Waals surface area contributed by atoms with Crippen LogP contribution < -0.4 is 5.73 Å². The molecule has 0 aliphatic carbocycles. The monoisotopic (exact) mass is 180 g/mol. The molecule has 0 fully saturated rings. The highest BCUT2D eigenvalue weighted by molar-refractivity contribution is 5.11. The average molecular weight is 180 g/mol. The number of pyridine rings is 1. The number of aliphatic hydroxyl groups excluding tert-OH is 1. The molecule has 0 saturated carbocycles. The molecule has 13 heavy (non-hydrogen) atoms. The molecule has 2 unspecified atom stereocenters. The second-order valence-electron chi connectivity index (χ2n) is 3.23. The van der Waals surface area contributed by atoms with Crippen molar-refractivity contribution >= 4 is 0 Å². The fourth-order valence-corrected chi connectivity index (χ4v) is 1.41. The van der Waals surface area contributed by atoms with Crippen molar-refractivity contribution in [1.29, 1.82) is 0 Å². The summed E-state index contributed by atoms with van der Waals surface area (Å²) in [5, 5.41) is 8.86.